The molecule has 1 aliphatic heterocycles. The molecule has 0 fully saturated rings. The molecule has 1 unspecified atom stereocenters. The lowest BCUT2D eigenvalue weighted by Gasteiger charge is -2.29. The number of aromatic nitrogens is 2. The van der Waals surface area contributed by atoms with Crippen molar-refractivity contribution in [2.45, 2.75) is 11.5 Å². The first-order valence-electron chi connectivity index (χ1n) is 5.08. The Bertz CT molecular complexity index is 448. The van der Waals surface area contributed by atoms with Crippen LogP contribution in [0.3, 0.4) is 0 Å². The van der Waals surface area contributed by atoms with Crippen LogP contribution in [0.5, 0.6) is 0 Å². The van der Waals surface area contributed by atoms with E-state index >= 15 is 0 Å². The first kappa shape index (κ1) is 12.2. The fraction of sp³-hybridized carbons (Fsp3) is 0.556. The van der Waals surface area contributed by atoms with Gasteiger partial charge in [-0.25, -0.2) is 4.98 Å². The second-order valence-electron chi connectivity index (χ2n) is 3.66. The van der Waals surface area contributed by atoms with Gasteiger partial charge in [-0.15, -0.1) is 0 Å². The van der Waals surface area contributed by atoms with Crippen molar-refractivity contribution in [3.05, 3.63) is 5.69 Å². The van der Waals surface area contributed by atoms with Crippen molar-refractivity contribution in [1.82, 2.24) is 14.5 Å². The normalized spacial score (nSPS) is 19.2. The summed E-state index contributed by atoms with van der Waals surface area (Å²) < 4.78 is 1.66. The number of fused-ring (bicyclic) bond motifs is 1. The Hall–Kier alpha value is -1.25. The van der Waals surface area contributed by atoms with E-state index in [1.165, 1.54) is 23.7 Å². The maximum Gasteiger partial charge on any atom is 0.277 e. The Balaban J connectivity index is 2.36. The summed E-state index contributed by atoms with van der Waals surface area (Å²) in [4.78, 5) is 17.4. The Kier molecular flexibility index (Phi) is 3.27. The standard InChI is InChI=1S/C9H14N4O3S/c1-12-5-6(11-9(12)17-4-3-14)10-8(16)13(2)7(5)15/h8,10,14,16H,3-4H2,1-2H3. The first-order chi connectivity index (χ1) is 8.06. The van der Waals surface area contributed by atoms with Gasteiger partial charge in [-0.05, 0) is 0 Å². The number of carbonyl (C=O) groups is 1. The van der Waals surface area contributed by atoms with Crippen LogP contribution in [0.2, 0.25) is 0 Å². The van der Waals surface area contributed by atoms with Gasteiger partial charge in [0.25, 0.3) is 5.91 Å². The van der Waals surface area contributed by atoms with Gasteiger partial charge >= 0.3 is 0 Å². The van der Waals surface area contributed by atoms with Crippen molar-refractivity contribution >= 4 is 23.5 Å². The average molecular weight is 258 g/mol. The molecular formula is C9H14N4O3S. The highest BCUT2D eigenvalue weighted by molar-refractivity contribution is 7.99. The molecule has 2 rings (SSSR count). The Morgan fingerprint density at radius 3 is 2.88 bits per heavy atom. The molecule has 17 heavy (non-hydrogen) atoms. The molecule has 3 N–H and O–H groups in total. The number of rotatable bonds is 3. The van der Waals surface area contributed by atoms with Crippen LogP contribution in [-0.2, 0) is 7.05 Å². The number of thioether (sulfide) groups is 1. The van der Waals surface area contributed by atoms with Crippen LogP contribution >= 0.6 is 11.8 Å². The molecule has 1 atom stereocenters. The zero-order chi connectivity index (χ0) is 12.6. The Morgan fingerprint density at radius 1 is 1.53 bits per heavy atom. The summed E-state index contributed by atoms with van der Waals surface area (Å²) in [6.07, 6.45) is -1.06. The molecule has 1 amide bonds. The fourth-order valence-corrected chi connectivity index (χ4v) is 2.30. The number of hydrogen-bond donors (Lipinski definition) is 3. The number of amides is 1. The van der Waals surface area contributed by atoms with E-state index in [2.05, 4.69) is 10.3 Å². The van der Waals surface area contributed by atoms with E-state index in [0.717, 1.165) is 0 Å². The van der Waals surface area contributed by atoms with Crippen molar-refractivity contribution in [2.75, 3.05) is 24.7 Å². The van der Waals surface area contributed by atoms with E-state index in [-0.39, 0.29) is 12.5 Å². The van der Waals surface area contributed by atoms with E-state index in [4.69, 9.17) is 5.11 Å². The molecule has 0 spiro atoms. The van der Waals surface area contributed by atoms with E-state index in [1.54, 1.807) is 11.6 Å². The van der Waals surface area contributed by atoms with Crippen molar-refractivity contribution in [3.8, 4) is 0 Å². The van der Waals surface area contributed by atoms with Gasteiger partial charge in [0.1, 0.15) is 0 Å². The van der Waals surface area contributed by atoms with Gasteiger partial charge < -0.3 is 20.1 Å². The first-order valence-corrected chi connectivity index (χ1v) is 6.07. The molecule has 0 radical (unpaired) electrons. The number of aliphatic hydroxyl groups excluding tert-OH is 2. The number of carbonyl (C=O) groups excluding carboxylic acids is 1. The molecule has 1 aliphatic rings. The third-order valence-corrected chi connectivity index (χ3v) is 3.54. The van der Waals surface area contributed by atoms with Crippen LogP contribution in [0, 0.1) is 0 Å². The maximum atomic E-state index is 11.9. The minimum absolute atomic E-state index is 0.0477. The molecule has 0 saturated heterocycles. The largest absolute Gasteiger partial charge is 0.396 e. The van der Waals surface area contributed by atoms with E-state index in [0.29, 0.717) is 22.4 Å². The average Bonchev–Trinajstić information content (AvgIpc) is 2.60. The lowest BCUT2D eigenvalue weighted by atomic mass is 10.3. The highest BCUT2D eigenvalue weighted by Crippen LogP contribution is 2.28. The number of anilines is 1. The SMILES string of the molecule is CN1C(=O)c2c(nc(SCCO)n2C)NC1O. The predicted molar refractivity (Wildman–Crippen MR) is 62.7 cm³/mol. The lowest BCUT2D eigenvalue weighted by molar-refractivity contribution is 0.0291. The van der Waals surface area contributed by atoms with Gasteiger partial charge in [0, 0.05) is 19.8 Å². The van der Waals surface area contributed by atoms with Gasteiger partial charge in [0.2, 0.25) is 6.35 Å². The summed E-state index contributed by atoms with van der Waals surface area (Å²) in [5.41, 5.74) is 0.415. The minimum atomic E-state index is -1.06. The van der Waals surface area contributed by atoms with E-state index in [1.807, 2.05) is 0 Å². The van der Waals surface area contributed by atoms with Gasteiger partial charge in [-0.3, -0.25) is 9.69 Å². The highest BCUT2D eigenvalue weighted by Gasteiger charge is 2.32. The van der Waals surface area contributed by atoms with Gasteiger partial charge in [0.15, 0.2) is 16.7 Å². The minimum Gasteiger partial charge on any atom is -0.396 e. The zero-order valence-electron chi connectivity index (χ0n) is 9.54. The number of imidazole rings is 1. The maximum absolute atomic E-state index is 11.9. The molecule has 1 aromatic heterocycles. The van der Waals surface area contributed by atoms with Gasteiger partial charge in [-0.1, -0.05) is 11.8 Å². The molecule has 0 aromatic carbocycles. The summed E-state index contributed by atoms with van der Waals surface area (Å²) in [5, 5.41) is 21.7. The molecule has 0 bridgehead atoms. The van der Waals surface area contributed by atoms with Gasteiger partial charge in [0.05, 0.1) is 6.61 Å². The lowest BCUT2D eigenvalue weighted by Crippen LogP contribution is -2.46. The van der Waals surface area contributed by atoms with Crippen LogP contribution in [0.1, 0.15) is 10.5 Å². The molecule has 8 heteroatoms. The number of nitrogens with zero attached hydrogens (tertiary/aromatic N) is 3. The zero-order valence-corrected chi connectivity index (χ0v) is 10.4. The monoisotopic (exact) mass is 258 g/mol. The number of aliphatic hydroxyl groups is 2. The summed E-state index contributed by atoms with van der Waals surface area (Å²) in [6, 6.07) is 0. The smallest absolute Gasteiger partial charge is 0.277 e. The summed E-state index contributed by atoms with van der Waals surface area (Å²) in [7, 11) is 3.24. The van der Waals surface area contributed by atoms with Crippen LogP contribution in [0.4, 0.5) is 5.82 Å². The van der Waals surface area contributed by atoms with Crippen molar-refractivity contribution in [1.29, 1.82) is 0 Å². The Morgan fingerprint density at radius 2 is 2.24 bits per heavy atom. The number of hydrogen-bond acceptors (Lipinski definition) is 6. The second-order valence-corrected chi connectivity index (χ2v) is 4.72. The molecule has 2 heterocycles. The molecule has 0 aliphatic carbocycles. The van der Waals surface area contributed by atoms with Crippen LogP contribution in [-0.4, -0.2) is 56.3 Å². The van der Waals surface area contributed by atoms with Crippen molar-refractivity contribution in [2.24, 2.45) is 7.05 Å². The quantitative estimate of drug-likeness (QED) is 0.620. The second kappa shape index (κ2) is 4.55. The third-order valence-electron chi connectivity index (χ3n) is 2.53. The predicted octanol–water partition coefficient (Wildman–Crippen LogP) is -0.722. The summed E-state index contributed by atoms with van der Waals surface area (Å²) in [6.45, 7) is 0.0477. The van der Waals surface area contributed by atoms with E-state index in [9.17, 15) is 9.90 Å². The molecular weight excluding hydrogens is 244 g/mol. The highest BCUT2D eigenvalue weighted by atomic mass is 32.2. The van der Waals surface area contributed by atoms with E-state index < -0.39 is 6.35 Å². The Labute approximate surface area is 102 Å². The van der Waals surface area contributed by atoms with Crippen LogP contribution in [0.15, 0.2) is 5.16 Å². The molecule has 0 saturated carbocycles. The molecule has 94 valence electrons. The molecule has 7 nitrogen and oxygen atoms in total. The van der Waals surface area contributed by atoms with Crippen LogP contribution in [0.25, 0.3) is 0 Å². The summed E-state index contributed by atoms with van der Waals surface area (Å²) >= 11 is 1.35. The topological polar surface area (TPSA) is 90.6 Å². The fourth-order valence-electron chi connectivity index (χ4n) is 1.59. The van der Waals surface area contributed by atoms with Crippen molar-refractivity contribution in [3.63, 3.8) is 0 Å². The summed E-state index contributed by atoms with van der Waals surface area (Å²) in [5.74, 6) is 0.608. The molecule has 1 aromatic rings. The number of nitrogens with one attached hydrogen (secondary N) is 1. The van der Waals surface area contributed by atoms with Gasteiger partial charge in [-0.2, -0.15) is 0 Å². The third kappa shape index (κ3) is 1.99. The van der Waals surface area contributed by atoms with Crippen LogP contribution < -0.4 is 5.32 Å². The van der Waals surface area contributed by atoms with Crippen molar-refractivity contribution < 1.29 is 15.0 Å².